The van der Waals surface area contributed by atoms with E-state index >= 15 is 0 Å². The lowest BCUT2D eigenvalue weighted by Crippen LogP contribution is -2.07. The third-order valence-electron chi connectivity index (χ3n) is 3.09. The number of ether oxygens (including phenoxy) is 1. The lowest BCUT2D eigenvalue weighted by molar-refractivity contribution is 0.0496. The fourth-order valence-corrected chi connectivity index (χ4v) is 2.00. The Balaban J connectivity index is 2.01. The Morgan fingerprint density at radius 3 is 2.20 bits per heavy atom. The number of halogens is 1. The maximum absolute atomic E-state index is 11.6. The third kappa shape index (κ3) is 7.43. The van der Waals surface area contributed by atoms with Crippen LogP contribution in [-0.4, -0.2) is 22.5 Å². The molecule has 0 saturated heterocycles. The number of hydrogen-bond donors (Lipinski definition) is 0. The predicted molar refractivity (Wildman–Crippen MR) is 79.9 cm³/mol. The normalized spacial score (nSPS) is 10.5. The molecule has 112 valence electrons. The van der Waals surface area contributed by atoms with Crippen LogP contribution in [0.4, 0.5) is 0 Å². The average molecular weight is 299 g/mol. The van der Waals surface area contributed by atoms with Crippen LogP contribution in [0.15, 0.2) is 12.4 Å². The predicted octanol–water partition coefficient (Wildman–Crippen LogP) is 4.43. The molecule has 0 saturated carbocycles. The summed E-state index contributed by atoms with van der Waals surface area (Å²) >= 11 is 5.55. The van der Waals surface area contributed by atoms with E-state index in [2.05, 4.69) is 16.9 Å². The van der Waals surface area contributed by atoms with Crippen molar-refractivity contribution in [1.29, 1.82) is 0 Å². The molecule has 0 aliphatic heterocycles. The molecule has 0 N–H and O–H groups in total. The zero-order valence-corrected chi connectivity index (χ0v) is 12.9. The molecular weight excluding hydrogens is 276 g/mol. The van der Waals surface area contributed by atoms with Gasteiger partial charge in [-0.1, -0.05) is 51.9 Å². The summed E-state index contributed by atoms with van der Waals surface area (Å²) in [6, 6.07) is 0. The van der Waals surface area contributed by atoms with Gasteiger partial charge in [0.1, 0.15) is 0 Å². The van der Waals surface area contributed by atoms with Crippen molar-refractivity contribution in [2.75, 3.05) is 6.61 Å². The van der Waals surface area contributed by atoms with Gasteiger partial charge in [0.05, 0.1) is 12.2 Å². The number of hydrogen-bond acceptors (Lipinski definition) is 4. The summed E-state index contributed by atoms with van der Waals surface area (Å²) in [5.74, 6) is -0.385. The quantitative estimate of drug-likeness (QED) is 0.364. The van der Waals surface area contributed by atoms with Gasteiger partial charge in [-0.05, 0) is 18.0 Å². The second kappa shape index (κ2) is 10.6. The van der Waals surface area contributed by atoms with Gasteiger partial charge in [0.2, 0.25) is 5.28 Å². The fraction of sp³-hybridized carbons (Fsp3) is 0.667. The fourth-order valence-electron chi connectivity index (χ4n) is 1.90. The van der Waals surface area contributed by atoms with Crippen molar-refractivity contribution in [1.82, 2.24) is 9.97 Å². The van der Waals surface area contributed by atoms with Crippen LogP contribution in [0, 0.1) is 0 Å². The van der Waals surface area contributed by atoms with E-state index in [0.717, 1.165) is 12.8 Å². The highest BCUT2D eigenvalue weighted by atomic mass is 35.5. The number of aromatic nitrogens is 2. The minimum atomic E-state index is -0.385. The zero-order valence-electron chi connectivity index (χ0n) is 12.1. The van der Waals surface area contributed by atoms with Crippen LogP contribution in [0.5, 0.6) is 0 Å². The summed E-state index contributed by atoms with van der Waals surface area (Å²) in [4.78, 5) is 19.1. The number of carbonyl (C=O) groups is 1. The van der Waals surface area contributed by atoms with Gasteiger partial charge >= 0.3 is 5.97 Å². The Bertz CT molecular complexity index is 382. The molecule has 5 heteroatoms. The summed E-state index contributed by atoms with van der Waals surface area (Å²) in [5.41, 5.74) is 0.342. The van der Waals surface area contributed by atoms with E-state index in [4.69, 9.17) is 16.3 Å². The second-order valence-electron chi connectivity index (χ2n) is 4.85. The average Bonchev–Trinajstić information content (AvgIpc) is 2.46. The van der Waals surface area contributed by atoms with Gasteiger partial charge in [-0.2, -0.15) is 0 Å². The molecule has 0 aliphatic rings. The van der Waals surface area contributed by atoms with Gasteiger partial charge in [-0.25, -0.2) is 14.8 Å². The molecular formula is C15H23ClN2O2. The Labute approximate surface area is 125 Å². The Morgan fingerprint density at radius 2 is 1.60 bits per heavy atom. The topological polar surface area (TPSA) is 52.1 Å². The number of esters is 1. The molecule has 0 radical (unpaired) electrons. The van der Waals surface area contributed by atoms with Crippen molar-refractivity contribution in [3.8, 4) is 0 Å². The van der Waals surface area contributed by atoms with Crippen LogP contribution in [0.2, 0.25) is 5.28 Å². The largest absolute Gasteiger partial charge is 0.462 e. The summed E-state index contributed by atoms with van der Waals surface area (Å²) in [6.07, 6.45) is 12.5. The van der Waals surface area contributed by atoms with Crippen LogP contribution in [0.1, 0.15) is 68.6 Å². The number of rotatable bonds is 10. The van der Waals surface area contributed by atoms with E-state index in [-0.39, 0.29) is 11.3 Å². The molecule has 0 aromatic carbocycles. The molecule has 0 amide bonds. The molecule has 1 rings (SSSR count). The van der Waals surface area contributed by atoms with Crippen LogP contribution >= 0.6 is 11.6 Å². The van der Waals surface area contributed by atoms with Crippen LogP contribution in [0.25, 0.3) is 0 Å². The number of carbonyl (C=O) groups excluding carboxylic acids is 1. The van der Waals surface area contributed by atoms with Gasteiger partial charge < -0.3 is 4.74 Å². The molecule has 4 nitrogen and oxygen atoms in total. The van der Waals surface area contributed by atoms with E-state index in [0.29, 0.717) is 12.2 Å². The molecule has 0 fully saturated rings. The van der Waals surface area contributed by atoms with Gasteiger partial charge in [-0.15, -0.1) is 0 Å². The van der Waals surface area contributed by atoms with Crippen molar-refractivity contribution in [2.24, 2.45) is 0 Å². The second-order valence-corrected chi connectivity index (χ2v) is 5.19. The van der Waals surface area contributed by atoms with Crippen LogP contribution < -0.4 is 0 Å². The lowest BCUT2D eigenvalue weighted by Gasteiger charge is -2.04. The first kappa shape index (κ1) is 16.9. The highest BCUT2D eigenvalue weighted by Gasteiger charge is 2.07. The number of unbranched alkanes of at least 4 members (excludes halogenated alkanes) is 7. The molecule has 0 bridgehead atoms. The molecule has 1 aromatic rings. The Hall–Kier alpha value is -1.16. The molecule has 0 unspecified atom stereocenters. The highest BCUT2D eigenvalue weighted by Crippen LogP contribution is 2.09. The van der Waals surface area contributed by atoms with E-state index in [1.165, 1.54) is 50.9 Å². The maximum atomic E-state index is 11.6. The summed E-state index contributed by atoms with van der Waals surface area (Å²) in [5, 5.41) is 0.129. The molecule has 20 heavy (non-hydrogen) atoms. The first-order chi connectivity index (χ1) is 9.74. The lowest BCUT2D eigenvalue weighted by atomic mass is 10.1. The third-order valence-corrected chi connectivity index (χ3v) is 3.28. The van der Waals surface area contributed by atoms with Crippen molar-refractivity contribution in [3.05, 3.63) is 23.2 Å². The minimum Gasteiger partial charge on any atom is -0.462 e. The monoisotopic (exact) mass is 298 g/mol. The molecule has 0 atom stereocenters. The van der Waals surface area contributed by atoms with E-state index in [9.17, 15) is 4.79 Å². The van der Waals surface area contributed by atoms with E-state index in [1.54, 1.807) is 0 Å². The van der Waals surface area contributed by atoms with Crippen molar-refractivity contribution >= 4 is 17.6 Å². The number of nitrogens with zero attached hydrogens (tertiary/aromatic N) is 2. The first-order valence-electron chi connectivity index (χ1n) is 7.38. The smallest absolute Gasteiger partial charge is 0.341 e. The van der Waals surface area contributed by atoms with Gasteiger partial charge in [0.15, 0.2) is 0 Å². The first-order valence-corrected chi connectivity index (χ1v) is 7.76. The summed E-state index contributed by atoms with van der Waals surface area (Å²) in [7, 11) is 0. The van der Waals surface area contributed by atoms with Crippen LogP contribution in [0.3, 0.4) is 0 Å². The zero-order chi connectivity index (χ0) is 14.6. The standard InChI is InChI=1S/C15H23ClN2O2/c1-2-3-4-5-6-7-8-9-10-20-14(19)13-11-17-15(16)18-12-13/h11-12H,2-10H2,1H3. The molecule has 0 aliphatic carbocycles. The van der Waals surface area contributed by atoms with Gasteiger partial charge in [0.25, 0.3) is 0 Å². The highest BCUT2D eigenvalue weighted by molar-refractivity contribution is 6.28. The van der Waals surface area contributed by atoms with E-state index < -0.39 is 0 Å². The SMILES string of the molecule is CCCCCCCCCCOC(=O)c1cnc(Cl)nc1. The van der Waals surface area contributed by atoms with Gasteiger partial charge in [-0.3, -0.25) is 0 Å². The maximum Gasteiger partial charge on any atom is 0.341 e. The Morgan fingerprint density at radius 1 is 1.05 bits per heavy atom. The molecule has 0 spiro atoms. The van der Waals surface area contributed by atoms with Crippen molar-refractivity contribution in [2.45, 2.75) is 58.3 Å². The van der Waals surface area contributed by atoms with Crippen LogP contribution in [-0.2, 0) is 4.74 Å². The summed E-state index contributed by atoms with van der Waals surface area (Å²) in [6.45, 7) is 2.68. The Kier molecular flexibility index (Phi) is 8.96. The van der Waals surface area contributed by atoms with Gasteiger partial charge in [0, 0.05) is 12.4 Å². The van der Waals surface area contributed by atoms with Crippen molar-refractivity contribution < 1.29 is 9.53 Å². The molecule has 1 aromatic heterocycles. The van der Waals surface area contributed by atoms with Crippen molar-refractivity contribution in [3.63, 3.8) is 0 Å². The molecule has 1 heterocycles. The van der Waals surface area contributed by atoms with E-state index in [1.807, 2.05) is 0 Å². The minimum absolute atomic E-state index is 0.129. The summed E-state index contributed by atoms with van der Waals surface area (Å²) < 4.78 is 5.15.